The van der Waals surface area contributed by atoms with Crippen molar-refractivity contribution >= 4 is 17.7 Å². The minimum absolute atomic E-state index is 0.177. The van der Waals surface area contributed by atoms with Gasteiger partial charge in [0.1, 0.15) is 0 Å². The van der Waals surface area contributed by atoms with Gasteiger partial charge in [-0.05, 0) is 44.5 Å². The molecule has 1 amide bonds. The molecule has 1 unspecified atom stereocenters. The number of benzene rings is 1. The predicted molar refractivity (Wildman–Crippen MR) is 118 cm³/mol. The second kappa shape index (κ2) is 10.3. The van der Waals surface area contributed by atoms with E-state index in [0.29, 0.717) is 12.3 Å². The van der Waals surface area contributed by atoms with Gasteiger partial charge in [0.25, 0.3) is 0 Å². The summed E-state index contributed by atoms with van der Waals surface area (Å²) in [5.74, 6) is 1.59. The highest BCUT2D eigenvalue weighted by Gasteiger charge is 2.24. The smallest absolute Gasteiger partial charge is 0.233 e. The van der Waals surface area contributed by atoms with Gasteiger partial charge in [0, 0.05) is 19.6 Å². The van der Waals surface area contributed by atoms with Crippen LogP contribution in [0.3, 0.4) is 0 Å². The Morgan fingerprint density at radius 3 is 2.66 bits per heavy atom. The van der Waals surface area contributed by atoms with E-state index in [9.17, 15) is 4.79 Å². The lowest BCUT2D eigenvalue weighted by Gasteiger charge is -2.28. The van der Waals surface area contributed by atoms with Crippen LogP contribution in [0.15, 0.2) is 29.4 Å². The average molecular weight is 416 g/mol. The highest BCUT2D eigenvalue weighted by Crippen LogP contribution is 2.26. The van der Waals surface area contributed by atoms with Gasteiger partial charge >= 0.3 is 0 Å². The number of nitrogens with zero attached hydrogens (tertiary/aromatic N) is 5. The first-order valence-electron chi connectivity index (χ1n) is 10.6. The Kier molecular flexibility index (Phi) is 7.72. The molecule has 158 valence electrons. The molecular weight excluding hydrogens is 382 g/mol. The van der Waals surface area contributed by atoms with E-state index in [0.717, 1.165) is 49.8 Å². The molecule has 0 aliphatic carbocycles. The molecule has 1 aromatic heterocycles. The molecule has 0 radical (unpaired) electrons. The maximum Gasteiger partial charge on any atom is 0.233 e. The summed E-state index contributed by atoms with van der Waals surface area (Å²) in [6, 6.07) is 8.65. The van der Waals surface area contributed by atoms with E-state index in [1.807, 2.05) is 11.0 Å². The van der Waals surface area contributed by atoms with Gasteiger partial charge in [-0.15, -0.1) is 10.2 Å². The van der Waals surface area contributed by atoms with Crippen LogP contribution in [-0.2, 0) is 24.3 Å². The summed E-state index contributed by atoms with van der Waals surface area (Å²) < 4.78 is 2.22. The number of carbonyl (C=O) groups is 1. The lowest BCUT2D eigenvalue weighted by atomic mass is 10.00. The molecule has 0 spiro atoms. The van der Waals surface area contributed by atoms with Gasteiger partial charge in [-0.3, -0.25) is 9.69 Å². The number of amides is 1. The monoisotopic (exact) mass is 415 g/mol. The Bertz CT molecular complexity index is 819. The molecule has 1 aliphatic heterocycles. The minimum atomic E-state index is 0.177. The number of unbranched alkanes of at least 4 members (excludes halogenated alkanes) is 1. The highest BCUT2D eigenvalue weighted by atomic mass is 32.2. The van der Waals surface area contributed by atoms with Crippen molar-refractivity contribution in [1.29, 1.82) is 0 Å². The van der Waals surface area contributed by atoms with E-state index in [-0.39, 0.29) is 11.9 Å². The number of hydrogen-bond acceptors (Lipinski definition) is 5. The second-order valence-electron chi connectivity index (χ2n) is 7.86. The molecule has 7 heteroatoms. The third kappa shape index (κ3) is 5.20. The summed E-state index contributed by atoms with van der Waals surface area (Å²) in [5, 5.41) is 9.82. The molecule has 0 saturated carbocycles. The topological polar surface area (TPSA) is 54.3 Å². The van der Waals surface area contributed by atoms with Crippen molar-refractivity contribution in [1.82, 2.24) is 24.6 Å². The molecule has 1 atom stereocenters. The molecule has 0 saturated heterocycles. The van der Waals surface area contributed by atoms with E-state index < -0.39 is 0 Å². The van der Waals surface area contributed by atoms with Crippen molar-refractivity contribution in [2.24, 2.45) is 0 Å². The van der Waals surface area contributed by atoms with Crippen molar-refractivity contribution in [3.05, 3.63) is 41.2 Å². The van der Waals surface area contributed by atoms with Gasteiger partial charge < -0.3 is 9.47 Å². The standard InChI is InChI=1S/C22H33N5OS/c1-5-7-13-27-21(19(6-2)25(3)4)23-24-22(27)29-16-20(28)26-14-12-17-10-8-9-11-18(17)15-26/h8-11,19H,5-7,12-16H2,1-4H3. The third-order valence-corrected chi connectivity index (χ3v) is 6.55. The third-order valence-electron chi connectivity index (χ3n) is 5.60. The number of carbonyl (C=O) groups excluding carboxylic acids is 1. The van der Waals surface area contributed by atoms with Crippen LogP contribution in [-0.4, -0.2) is 56.9 Å². The molecule has 0 fully saturated rings. The molecule has 6 nitrogen and oxygen atoms in total. The Hall–Kier alpha value is -1.86. The SMILES string of the molecule is CCCCn1c(SCC(=O)N2CCc3ccccc3C2)nnc1C(CC)N(C)C. The lowest BCUT2D eigenvalue weighted by Crippen LogP contribution is -2.37. The van der Waals surface area contributed by atoms with Crippen molar-refractivity contribution in [3.63, 3.8) is 0 Å². The van der Waals surface area contributed by atoms with Crippen LogP contribution in [0.25, 0.3) is 0 Å². The Morgan fingerprint density at radius 2 is 1.97 bits per heavy atom. The van der Waals surface area contributed by atoms with Crippen molar-refractivity contribution in [2.45, 2.75) is 63.8 Å². The molecule has 1 aromatic carbocycles. The number of aromatic nitrogens is 3. The zero-order valence-corrected chi connectivity index (χ0v) is 18.9. The fourth-order valence-electron chi connectivity index (χ4n) is 3.88. The van der Waals surface area contributed by atoms with Crippen LogP contribution in [0, 0.1) is 0 Å². The van der Waals surface area contributed by atoms with Gasteiger partial charge in [0.05, 0.1) is 11.8 Å². The van der Waals surface area contributed by atoms with E-state index in [4.69, 9.17) is 0 Å². The molecule has 0 N–H and O–H groups in total. The Labute approximate surface area is 178 Å². The van der Waals surface area contributed by atoms with Crippen LogP contribution < -0.4 is 0 Å². The number of rotatable bonds is 9. The lowest BCUT2D eigenvalue weighted by molar-refractivity contribution is -0.129. The summed E-state index contributed by atoms with van der Waals surface area (Å²) in [6.07, 6.45) is 4.12. The zero-order chi connectivity index (χ0) is 20.8. The fourth-order valence-corrected chi connectivity index (χ4v) is 4.76. The molecular formula is C22H33N5OS. The van der Waals surface area contributed by atoms with Gasteiger partial charge in [-0.1, -0.05) is 56.3 Å². The highest BCUT2D eigenvalue weighted by molar-refractivity contribution is 7.99. The molecule has 2 aromatic rings. The summed E-state index contributed by atoms with van der Waals surface area (Å²) in [5.41, 5.74) is 2.63. The first-order valence-corrected chi connectivity index (χ1v) is 11.6. The Balaban J connectivity index is 1.68. The zero-order valence-electron chi connectivity index (χ0n) is 18.1. The summed E-state index contributed by atoms with van der Waals surface area (Å²) in [6.45, 7) is 6.77. The normalized spacial score (nSPS) is 14.9. The first-order chi connectivity index (χ1) is 14.0. The maximum atomic E-state index is 12.9. The molecule has 0 bridgehead atoms. The van der Waals surface area contributed by atoms with Crippen molar-refractivity contribution in [3.8, 4) is 0 Å². The van der Waals surface area contributed by atoms with Gasteiger partial charge in [-0.2, -0.15) is 0 Å². The van der Waals surface area contributed by atoms with E-state index >= 15 is 0 Å². The van der Waals surface area contributed by atoms with E-state index in [2.05, 4.69) is 65.8 Å². The van der Waals surface area contributed by atoms with Crippen LogP contribution >= 0.6 is 11.8 Å². The van der Waals surface area contributed by atoms with Gasteiger partial charge in [-0.25, -0.2) is 0 Å². The van der Waals surface area contributed by atoms with Crippen molar-refractivity contribution in [2.75, 3.05) is 26.4 Å². The number of fused-ring (bicyclic) bond motifs is 1. The largest absolute Gasteiger partial charge is 0.337 e. The molecule has 29 heavy (non-hydrogen) atoms. The fraction of sp³-hybridized carbons (Fsp3) is 0.591. The minimum Gasteiger partial charge on any atom is -0.337 e. The van der Waals surface area contributed by atoms with Gasteiger partial charge in [0.2, 0.25) is 5.91 Å². The summed E-state index contributed by atoms with van der Waals surface area (Å²) in [4.78, 5) is 17.0. The van der Waals surface area contributed by atoms with Crippen LogP contribution in [0.2, 0.25) is 0 Å². The predicted octanol–water partition coefficient (Wildman–Crippen LogP) is 3.77. The van der Waals surface area contributed by atoms with E-state index in [1.165, 1.54) is 22.9 Å². The second-order valence-corrected chi connectivity index (χ2v) is 8.80. The molecule has 1 aliphatic rings. The van der Waals surface area contributed by atoms with Gasteiger partial charge in [0.15, 0.2) is 11.0 Å². The first kappa shape index (κ1) is 21.8. The quantitative estimate of drug-likeness (QED) is 0.584. The van der Waals surface area contributed by atoms with Crippen LogP contribution in [0.4, 0.5) is 0 Å². The molecule has 2 heterocycles. The van der Waals surface area contributed by atoms with Crippen molar-refractivity contribution < 1.29 is 4.79 Å². The number of hydrogen-bond donors (Lipinski definition) is 0. The maximum absolute atomic E-state index is 12.9. The average Bonchev–Trinajstić information content (AvgIpc) is 3.12. The summed E-state index contributed by atoms with van der Waals surface area (Å²) in [7, 11) is 4.16. The van der Waals surface area contributed by atoms with Crippen LogP contribution in [0.1, 0.15) is 56.1 Å². The van der Waals surface area contributed by atoms with E-state index in [1.54, 1.807) is 0 Å². The molecule has 3 rings (SSSR count). The Morgan fingerprint density at radius 1 is 1.21 bits per heavy atom. The number of thioether (sulfide) groups is 1. The van der Waals surface area contributed by atoms with Crippen LogP contribution in [0.5, 0.6) is 0 Å². The summed E-state index contributed by atoms with van der Waals surface area (Å²) >= 11 is 1.52.